The summed E-state index contributed by atoms with van der Waals surface area (Å²) in [5, 5.41) is 11.0. The Labute approximate surface area is 96.3 Å². The second kappa shape index (κ2) is 6.02. The van der Waals surface area contributed by atoms with E-state index in [-0.39, 0.29) is 12.4 Å². The number of rotatable bonds is 6. The zero-order chi connectivity index (χ0) is 12.8. The summed E-state index contributed by atoms with van der Waals surface area (Å²) in [5.74, 6) is 0.0861. The van der Waals surface area contributed by atoms with Gasteiger partial charge in [0, 0.05) is 18.5 Å². The van der Waals surface area contributed by atoms with Crippen molar-refractivity contribution in [2.45, 2.75) is 39.2 Å². The van der Waals surface area contributed by atoms with Crippen molar-refractivity contribution in [1.29, 1.82) is 0 Å². The molecule has 0 heterocycles. The van der Waals surface area contributed by atoms with Crippen LogP contribution >= 0.6 is 0 Å². The van der Waals surface area contributed by atoms with E-state index in [1.54, 1.807) is 20.8 Å². The van der Waals surface area contributed by atoms with Crippen LogP contribution in [0.3, 0.4) is 0 Å². The predicted octanol–water partition coefficient (Wildman–Crippen LogP) is -0.264. The minimum absolute atomic E-state index is 0.0861. The molecule has 0 saturated heterocycles. The van der Waals surface area contributed by atoms with E-state index in [1.807, 2.05) is 0 Å². The van der Waals surface area contributed by atoms with Crippen molar-refractivity contribution in [2.75, 3.05) is 6.54 Å². The minimum Gasteiger partial charge on any atom is -0.409 e. The van der Waals surface area contributed by atoms with Gasteiger partial charge in [-0.3, -0.25) is 0 Å². The maximum absolute atomic E-state index is 11.4. The van der Waals surface area contributed by atoms with Gasteiger partial charge in [-0.1, -0.05) is 5.16 Å². The summed E-state index contributed by atoms with van der Waals surface area (Å²) in [6.07, 6.45) is 0.815. The molecule has 0 fully saturated rings. The molecule has 0 aliphatic rings. The van der Waals surface area contributed by atoms with Crippen LogP contribution in [-0.4, -0.2) is 31.5 Å². The summed E-state index contributed by atoms with van der Waals surface area (Å²) in [6.45, 7) is 5.50. The molecule has 0 rings (SSSR count). The molecule has 8 heteroatoms. The summed E-state index contributed by atoms with van der Waals surface area (Å²) in [6, 6.07) is 0. The Morgan fingerprint density at radius 3 is 2.44 bits per heavy atom. The molecule has 5 N–H and O–H groups in total. The standard InChI is InChI=1S/C8H20N4O3S/c1-8(2,3)12-16(14,15)10-6-4-5-7(9)11-13/h10,12-13H,4-6H2,1-3H3,(H2,9,11). The third-order valence-corrected chi connectivity index (χ3v) is 2.94. The molecule has 0 saturated carbocycles. The third kappa shape index (κ3) is 8.45. The van der Waals surface area contributed by atoms with Crippen molar-refractivity contribution >= 4 is 16.0 Å². The van der Waals surface area contributed by atoms with Gasteiger partial charge in [0.05, 0.1) is 0 Å². The molecule has 0 amide bonds. The van der Waals surface area contributed by atoms with E-state index in [4.69, 9.17) is 10.9 Å². The molecule has 0 unspecified atom stereocenters. The van der Waals surface area contributed by atoms with Gasteiger partial charge in [0.15, 0.2) is 0 Å². The number of nitrogens with one attached hydrogen (secondary N) is 2. The molecule has 0 bridgehead atoms. The molecule has 0 aliphatic carbocycles. The normalized spacial score (nSPS) is 14.1. The fourth-order valence-electron chi connectivity index (χ4n) is 0.965. The Hall–Kier alpha value is -0.860. The monoisotopic (exact) mass is 252 g/mol. The molecule has 0 atom stereocenters. The van der Waals surface area contributed by atoms with Gasteiger partial charge < -0.3 is 10.9 Å². The van der Waals surface area contributed by atoms with Crippen LogP contribution < -0.4 is 15.2 Å². The average molecular weight is 252 g/mol. The highest BCUT2D eigenvalue weighted by molar-refractivity contribution is 7.87. The van der Waals surface area contributed by atoms with Gasteiger partial charge in [-0.05, 0) is 27.2 Å². The molecule has 0 aromatic heterocycles. The molecule has 0 spiro atoms. The fraction of sp³-hybridized carbons (Fsp3) is 0.875. The van der Waals surface area contributed by atoms with Gasteiger partial charge in [0.2, 0.25) is 0 Å². The second-order valence-electron chi connectivity index (χ2n) is 4.44. The van der Waals surface area contributed by atoms with Gasteiger partial charge in [0.25, 0.3) is 10.2 Å². The number of amidine groups is 1. The lowest BCUT2D eigenvalue weighted by Gasteiger charge is -2.20. The first-order chi connectivity index (χ1) is 7.16. The van der Waals surface area contributed by atoms with Gasteiger partial charge >= 0.3 is 0 Å². The molecule has 0 aromatic carbocycles. The predicted molar refractivity (Wildman–Crippen MR) is 62.5 cm³/mol. The highest BCUT2D eigenvalue weighted by atomic mass is 32.2. The first-order valence-electron chi connectivity index (χ1n) is 4.91. The van der Waals surface area contributed by atoms with Crippen LogP contribution in [0.4, 0.5) is 0 Å². The number of hydrogen-bond acceptors (Lipinski definition) is 4. The molecule has 7 nitrogen and oxygen atoms in total. The number of oxime groups is 1. The summed E-state index contributed by atoms with van der Waals surface area (Å²) in [5.41, 5.74) is 4.72. The highest BCUT2D eigenvalue weighted by Crippen LogP contribution is 2.00. The Morgan fingerprint density at radius 1 is 1.44 bits per heavy atom. The molecule has 96 valence electrons. The molecular weight excluding hydrogens is 232 g/mol. The Balaban J connectivity index is 3.93. The Morgan fingerprint density at radius 2 is 2.00 bits per heavy atom. The van der Waals surface area contributed by atoms with Crippen LogP contribution in [0.2, 0.25) is 0 Å². The average Bonchev–Trinajstić information content (AvgIpc) is 2.08. The van der Waals surface area contributed by atoms with Crippen LogP contribution in [0.25, 0.3) is 0 Å². The van der Waals surface area contributed by atoms with E-state index in [1.165, 1.54) is 0 Å². The molecule has 0 aromatic rings. The number of nitrogens with zero attached hydrogens (tertiary/aromatic N) is 1. The zero-order valence-corrected chi connectivity index (χ0v) is 10.6. The summed E-state index contributed by atoms with van der Waals surface area (Å²) < 4.78 is 27.7. The zero-order valence-electron chi connectivity index (χ0n) is 9.82. The molecular formula is C8H20N4O3S. The first-order valence-corrected chi connectivity index (χ1v) is 6.39. The summed E-state index contributed by atoms with van der Waals surface area (Å²) in [4.78, 5) is 0. The number of hydrogen-bond donors (Lipinski definition) is 4. The third-order valence-electron chi connectivity index (χ3n) is 1.47. The summed E-state index contributed by atoms with van der Waals surface area (Å²) in [7, 11) is -3.49. The first kappa shape index (κ1) is 15.1. The SMILES string of the molecule is CC(C)(C)NS(=O)(=O)NCCCC(N)=NO. The van der Waals surface area contributed by atoms with Crippen molar-refractivity contribution in [3.05, 3.63) is 0 Å². The van der Waals surface area contributed by atoms with E-state index >= 15 is 0 Å². The van der Waals surface area contributed by atoms with Crippen LogP contribution in [0, 0.1) is 0 Å². The molecule has 0 aliphatic heterocycles. The highest BCUT2D eigenvalue weighted by Gasteiger charge is 2.18. The van der Waals surface area contributed by atoms with Crippen LogP contribution in [0.5, 0.6) is 0 Å². The largest absolute Gasteiger partial charge is 0.409 e. The molecule has 16 heavy (non-hydrogen) atoms. The van der Waals surface area contributed by atoms with Crippen molar-refractivity contribution in [3.63, 3.8) is 0 Å². The van der Waals surface area contributed by atoms with E-state index in [9.17, 15) is 8.42 Å². The summed E-state index contributed by atoms with van der Waals surface area (Å²) >= 11 is 0. The van der Waals surface area contributed by atoms with Crippen molar-refractivity contribution in [2.24, 2.45) is 10.9 Å². The van der Waals surface area contributed by atoms with Crippen molar-refractivity contribution in [3.8, 4) is 0 Å². The van der Waals surface area contributed by atoms with Crippen molar-refractivity contribution in [1.82, 2.24) is 9.44 Å². The van der Waals surface area contributed by atoms with Gasteiger partial charge in [-0.25, -0.2) is 4.72 Å². The quantitative estimate of drug-likeness (QED) is 0.171. The van der Waals surface area contributed by atoms with Crippen molar-refractivity contribution < 1.29 is 13.6 Å². The second-order valence-corrected chi connectivity index (χ2v) is 5.94. The lowest BCUT2D eigenvalue weighted by atomic mass is 10.1. The fourth-order valence-corrected chi connectivity index (χ4v) is 2.26. The van der Waals surface area contributed by atoms with E-state index in [2.05, 4.69) is 14.6 Å². The van der Waals surface area contributed by atoms with Crippen LogP contribution in [0.15, 0.2) is 5.16 Å². The topological polar surface area (TPSA) is 117 Å². The van der Waals surface area contributed by atoms with E-state index in [0.29, 0.717) is 12.8 Å². The maximum atomic E-state index is 11.4. The molecule has 0 radical (unpaired) electrons. The van der Waals surface area contributed by atoms with E-state index < -0.39 is 15.7 Å². The lowest BCUT2D eigenvalue weighted by Crippen LogP contribution is -2.47. The van der Waals surface area contributed by atoms with Gasteiger partial charge in [-0.2, -0.15) is 13.1 Å². The van der Waals surface area contributed by atoms with Gasteiger partial charge in [-0.15, -0.1) is 0 Å². The van der Waals surface area contributed by atoms with Crippen LogP contribution in [-0.2, 0) is 10.2 Å². The van der Waals surface area contributed by atoms with Crippen LogP contribution in [0.1, 0.15) is 33.6 Å². The minimum atomic E-state index is -3.49. The van der Waals surface area contributed by atoms with E-state index in [0.717, 1.165) is 0 Å². The Bertz CT molecular complexity index is 332. The number of nitrogens with two attached hydrogens (primary N) is 1. The lowest BCUT2D eigenvalue weighted by molar-refractivity contribution is 0.316. The Kier molecular flexibility index (Phi) is 5.70. The van der Waals surface area contributed by atoms with Gasteiger partial charge in [0.1, 0.15) is 5.84 Å². The maximum Gasteiger partial charge on any atom is 0.277 e. The smallest absolute Gasteiger partial charge is 0.277 e.